The quantitative estimate of drug-likeness (QED) is 0.463. The van der Waals surface area contributed by atoms with Gasteiger partial charge in [0.25, 0.3) is 5.91 Å². The summed E-state index contributed by atoms with van der Waals surface area (Å²) in [6, 6.07) is 13.0. The highest BCUT2D eigenvalue weighted by Crippen LogP contribution is 2.28. The number of anilines is 1. The fourth-order valence-electron chi connectivity index (χ4n) is 3.90. The number of rotatable bonds is 12. The van der Waals surface area contributed by atoms with Crippen molar-refractivity contribution in [3.8, 4) is 11.5 Å². The highest BCUT2D eigenvalue weighted by molar-refractivity contribution is 6.23. The molecule has 2 aromatic carbocycles. The SMILES string of the molecule is CCCOc1ccc(N2C(=O)CC(N(CCc3ccc(OC)cc3)C(=O)CCC(=O)O)C2=O)cc1. The molecular weight excluding hydrogens is 452 g/mol. The van der Waals surface area contributed by atoms with Crippen molar-refractivity contribution in [3.63, 3.8) is 0 Å². The lowest BCUT2D eigenvalue weighted by atomic mass is 10.1. The number of benzene rings is 2. The lowest BCUT2D eigenvalue weighted by Gasteiger charge is -2.28. The molecule has 9 nitrogen and oxygen atoms in total. The molecule has 0 aromatic heterocycles. The molecule has 2 aromatic rings. The molecule has 0 saturated carbocycles. The molecule has 1 aliphatic heterocycles. The molecule has 9 heteroatoms. The summed E-state index contributed by atoms with van der Waals surface area (Å²) in [5.74, 6) is -1.16. The third-order valence-corrected chi connectivity index (χ3v) is 5.74. The van der Waals surface area contributed by atoms with Crippen LogP contribution in [0.3, 0.4) is 0 Å². The molecule has 0 radical (unpaired) electrons. The van der Waals surface area contributed by atoms with Crippen LogP contribution in [0.4, 0.5) is 5.69 Å². The second kappa shape index (κ2) is 12.0. The monoisotopic (exact) mass is 482 g/mol. The fourth-order valence-corrected chi connectivity index (χ4v) is 3.90. The van der Waals surface area contributed by atoms with Crippen molar-refractivity contribution < 1.29 is 33.8 Å². The lowest BCUT2D eigenvalue weighted by molar-refractivity contribution is -0.143. The first-order valence-corrected chi connectivity index (χ1v) is 11.6. The van der Waals surface area contributed by atoms with Crippen molar-refractivity contribution in [3.05, 3.63) is 54.1 Å². The average molecular weight is 483 g/mol. The Balaban J connectivity index is 1.77. The highest BCUT2D eigenvalue weighted by Gasteiger charge is 2.44. The van der Waals surface area contributed by atoms with E-state index < -0.39 is 29.7 Å². The molecular formula is C26H30N2O7. The maximum Gasteiger partial charge on any atom is 0.303 e. The Bertz CT molecular complexity index is 1050. The molecule has 35 heavy (non-hydrogen) atoms. The van der Waals surface area contributed by atoms with Gasteiger partial charge in [-0.05, 0) is 54.8 Å². The number of aliphatic carboxylic acids is 1. The number of carboxylic acids is 1. The molecule has 0 spiro atoms. The van der Waals surface area contributed by atoms with Gasteiger partial charge in [-0.1, -0.05) is 19.1 Å². The summed E-state index contributed by atoms with van der Waals surface area (Å²) >= 11 is 0. The lowest BCUT2D eigenvalue weighted by Crippen LogP contribution is -2.46. The number of methoxy groups -OCH3 is 1. The minimum atomic E-state index is -1.10. The number of carbonyl (C=O) groups is 4. The predicted octanol–water partition coefficient (Wildman–Crippen LogP) is 3.05. The molecule has 1 N–H and O–H groups in total. The first-order chi connectivity index (χ1) is 16.8. The Morgan fingerprint density at radius 1 is 1.03 bits per heavy atom. The molecule has 1 heterocycles. The standard InChI is InChI=1S/C26H30N2O7/c1-3-16-35-21-10-6-19(7-11-21)28-24(30)17-22(26(28)33)27(23(29)12-13-25(31)32)15-14-18-4-8-20(34-2)9-5-18/h4-11,22H,3,12-17H2,1-2H3,(H,31,32). The van der Waals surface area contributed by atoms with Gasteiger partial charge in [0.15, 0.2) is 0 Å². The van der Waals surface area contributed by atoms with Crippen LogP contribution >= 0.6 is 0 Å². The van der Waals surface area contributed by atoms with Crippen LogP contribution in [0.25, 0.3) is 0 Å². The zero-order valence-corrected chi connectivity index (χ0v) is 19.9. The van der Waals surface area contributed by atoms with Crippen molar-refractivity contribution in [2.24, 2.45) is 0 Å². The molecule has 1 unspecified atom stereocenters. The third-order valence-electron chi connectivity index (χ3n) is 5.74. The van der Waals surface area contributed by atoms with Crippen LogP contribution in [-0.4, -0.2) is 60.0 Å². The number of hydrogen-bond acceptors (Lipinski definition) is 6. The number of hydrogen-bond donors (Lipinski definition) is 1. The molecule has 186 valence electrons. The van der Waals surface area contributed by atoms with Gasteiger partial charge in [-0.25, -0.2) is 4.90 Å². The predicted molar refractivity (Wildman–Crippen MR) is 128 cm³/mol. The van der Waals surface area contributed by atoms with Crippen molar-refractivity contribution in [2.45, 2.75) is 45.1 Å². The van der Waals surface area contributed by atoms with E-state index in [2.05, 4.69) is 0 Å². The number of nitrogens with zero attached hydrogens (tertiary/aromatic N) is 2. The van der Waals surface area contributed by atoms with E-state index in [9.17, 15) is 19.2 Å². The molecule has 0 aliphatic carbocycles. The Hall–Kier alpha value is -3.88. The second-order valence-corrected chi connectivity index (χ2v) is 8.21. The molecule has 0 bridgehead atoms. The third kappa shape index (κ3) is 6.59. The zero-order chi connectivity index (χ0) is 25.4. The van der Waals surface area contributed by atoms with Gasteiger partial charge in [0.1, 0.15) is 17.5 Å². The molecule has 1 atom stereocenters. The first-order valence-electron chi connectivity index (χ1n) is 11.6. The van der Waals surface area contributed by atoms with Crippen molar-refractivity contribution in [1.82, 2.24) is 4.90 Å². The molecule has 1 fully saturated rings. The number of amides is 3. The van der Waals surface area contributed by atoms with Crippen LogP contribution in [0.5, 0.6) is 11.5 Å². The molecule has 3 rings (SSSR count). The Morgan fingerprint density at radius 3 is 2.29 bits per heavy atom. The van der Waals surface area contributed by atoms with Crippen LogP contribution < -0.4 is 14.4 Å². The van der Waals surface area contributed by atoms with E-state index in [0.29, 0.717) is 30.2 Å². The molecule has 1 aliphatic rings. The van der Waals surface area contributed by atoms with E-state index in [1.165, 1.54) is 4.90 Å². The maximum absolute atomic E-state index is 13.3. The Kier molecular flexibility index (Phi) is 8.83. The average Bonchev–Trinajstić information content (AvgIpc) is 3.15. The van der Waals surface area contributed by atoms with Crippen LogP contribution in [0, 0.1) is 0 Å². The van der Waals surface area contributed by atoms with Crippen LogP contribution in [-0.2, 0) is 25.6 Å². The van der Waals surface area contributed by atoms with E-state index in [0.717, 1.165) is 16.9 Å². The van der Waals surface area contributed by atoms with Crippen LogP contribution in [0.1, 0.15) is 38.2 Å². The van der Waals surface area contributed by atoms with Gasteiger partial charge < -0.3 is 19.5 Å². The number of carboxylic acid groups (broad SMARTS) is 1. The summed E-state index contributed by atoms with van der Waals surface area (Å²) in [5.41, 5.74) is 1.32. The summed E-state index contributed by atoms with van der Waals surface area (Å²) in [4.78, 5) is 52.5. The van der Waals surface area contributed by atoms with E-state index in [4.69, 9.17) is 14.6 Å². The fraction of sp³-hybridized carbons (Fsp3) is 0.385. The molecule has 3 amide bonds. The van der Waals surface area contributed by atoms with Gasteiger partial charge in [-0.2, -0.15) is 0 Å². The van der Waals surface area contributed by atoms with Crippen molar-refractivity contribution in [2.75, 3.05) is 25.2 Å². The topological polar surface area (TPSA) is 113 Å². The van der Waals surface area contributed by atoms with Gasteiger partial charge in [0.2, 0.25) is 11.8 Å². The van der Waals surface area contributed by atoms with Crippen LogP contribution in [0.15, 0.2) is 48.5 Å². The number of ether oxygens (including phenoxy) is 2. The summed E-state index contributed by atoms with van der Waals surface area (Å²) in [6.07, 6.45) is 0.530. The first kappa shape index (κ1) is 25.7. The second-order valence-electron chi connectivity index (χ2n) is 8.21. The Morgan fingerprint density at radius 2 is 1.69 bits per heavy atom. The molecule has 1 saturated heterocycles. The van der Waals surface area contributed by atoms with E-state index in [1.54, 1.807) is 43.5 Å². The normalized spacial score (nSPS) is 15.3. The largest absolute Gasteiger partial charge is 0.497 e. The summed E-state index contributed by atoms with van der Waals surface area (Å²) in [5, 5.41) is 9.01. The number of imide groups is 1. The van der Waals surface area contributed by atoms with Gasteiger partial charge in [-0.3, -0.25) is 19.2 Å². The van der Waals surface area contributed by atoms with E-state index >= 15 is 0 Å². The van der Waals surface area contributed by atoms with Gasteiger partial charge >= 0.3 is 5.97 Å². The minimum Gasteiger partial charge on any atom is -0.497 e. The van der Waals surface area contributed by atoms with Crippen LogP contribution in [0.2, 0.25) is 0 Å². The smallest absolute Gasteiger partial charge is 0.303 e. The van der Waals surface area contributed by atoms with E-state index in [1.807, 2.05) is 19.1 Å². The van der Waals surface area contributed by atoms with Crippen molar-refractivity contribution in [1.29, 1.82) is 0 Å². The minimum absolute atomic E-state index is 0.158. The van der Waals surface area contributed by atoms with Crippen molar-refractivity contribution >= 4 is 29.4 Å². The maximum atomic E-state index is 13.3. The highest BCUT2D eigenvalue weighted by atomic mass is 16.5. The summed E-state index contributed by atoms with van der Waals surface area (Å²) in [6.45, 7) is 2.73. The van der Waals surface area contributed by atoms with Gasteiger partial charge in [0.05, 0.1) is 32.2 Å². The Labute approximate surface area is 204 Å². The van der Waals surface area contributed by atoms with E-state index in [-0.39, 0.29) is 25.8 Å². The summed E-state index contributed by atoms with van der Waals surface area (Å²) < 4.78 is 10.7. The van der Waals surface area contributed by atoms with Gasteiger partial charge in [0, 0.05) is 13.0 Å². The zero-order valence-electron chi connectivity index (χ0n) is 19.9. The summed E-state index contributed by atoms with van der Waals surface area (Å²) in [7, 11) is 1.57. The van der Waals surface area contributed by atoms with Gasteiger partial charge in [-0.15, -0.1) is 0 Å². The number of carbonyl (C=O) groups excluding carboxylic acids is 3.